The number of rotatable bonds is 6. The Balaban J connectivity index is 3.93. The fraction of sp³-hybridized carbons (Fsp3) is 1.00. The minimum Gasteiger partial charge on any atom is -0.306 e. The van der Waals surface area contributed by atoms with Crippen molar-refractivity contribution in [1.29, 1.82) is 0 Å². The van der Waals surface area contributed by atoms with E-state index < -0.39 is 6.43 Å². The molecule has 0 spiro atoms. The van der Waals surface area contributed by atoms with E-state index in [1.165, 1.54) is 0 Å². The lowest BCUT2D eigenvalue weighted by Crippen LogP contribution is -2.45. The van der Waals surface area contributed by atoms with Gasteiger partial charge in [-0.25, -0.2) is 8.78 Å². The molecule has 12 heavy (non-hydrogen) atoms. The van der Waals surface area contributed by atoms with Crippen LogP contribution >= 0.6 is 0 Å². The molecule has 0 aromatic carbocycles. The summed E-state index contributed by atoms with van der Waals surface area (Å²) in [5.74, 6) is 0. The van der Waals surface area contributed by atoms with Crippen LogP contribution < -0.4 is 5.32 Å². The molecule has 0 aliphatic rings. The van der Waals surface area contributed by atoms with E-state index in [4.69, 9.17) is 0 Å². The van der Waals surface area contributed by atoms with Crippen molar-refractivity contribution in [2.45, 2.75) is 52.0 Å². The zero-order valence-electron chi connectivity index (χ0n) is 8.16. The highest BCUT2D eigenvalue weighted by Crippen LogP contribution is 2.19. The molecule has 0 saturated heterocycles. The van der Waals surface area contributed by atoms with Crippen molar-refractivity contribution >= 4 is 0 Å². The van der Waals surface area contributed by atoms with Gasteiger partial charge in [0.05, 0.1) is 6.54 Å². The topological polar surface area (TPSA) is 12.0 Å². The van der Waals surface area contributed by atoms with Crippen LogP contribution in [-0.2, 0) is 0 Å². The van der Waals surface area contributed by atoms with Crippen LogP contribution in [0.3, 0.4) is 0 Å². The fourth-order valence-electron chi connectivity index (χ4n) is 1.42. The van der Waals surface area contributed by atoms with Gasteiger partial charge >= 0.3 is 0 Å². The summed E-state index contributed by atoms with van der Waals surface area (Å²) in [6.07, 6.45) is 0.487. The van der Waals surface area contributed by atoms with Gasteiger partial charge in [0.15, 0.2) is 0 Å². The number of hydrogen-bond acceptors (Lipinski definition) is 1. The summed E-state index contributed by atoms with van der Waals surface area (Å²) in [5.41, 5.74) is -0.0730. The first-order valence-corrected chi connectivity index (χ1v) is 4.63. The SMILES string of the molecule is CCC(CC)(CC)NCC(F)F. The molecule has 0 atom stereocenters. The van der Waals surface area contributed by atoms with Gasteiger partial charge in [0.25, 0.3) is 6.43 Å². The van der Waals surface area contributed by atoms with Crippen molar-refractivity contribution < 1.29 is 8.78 Å². The molecular formula is C9H19F2N. The molecule has 0 aliphatic carbocycles. The summed E-state index contributed by atoms with van der Waals surface area (Å²) >= 11 is 0. The van der Waals surface area contributed by atoms with Crippen LogP contribution in [0.15, 0.2) is 0 Å². The molecule has 0 heterocycles. The molecule has 3 heteroatoms. The van der Waals surface area contributed by atoms with Crippen molar-refractivity contribution in [3.8, 4) is 0 Å². The van der Waals surface area contributed by atoms with Gasteiger partial charge in [-0.15, -0.1) is 0 Å². The Kier molecular flexibility index (Phi) is 5.38. The summed E-state index contributed by atoms with van der Waals surface area (Å²) in [7, 11) is 0. The molecule has 0 fully saturated rings. The van der Waals surface area contributed by atoms with E-state index in [2.05, 4.69) is 5.32 Å². The first-order valence-electron chi connectivity index (χ1n) is 4.63. The normalized spacial score (nSPS) is 12.5. The number of alkyl halides is 2. The average molecular weight is 179 g/mol. The monoisotopic (exact) mass is 179 g/mol. The van der Waals surface area contributed by atoms with E-state index >= 15 is 0 Å². The smallest absolute Gasteiger partial charge is 0.250 e. The second-order valence-corrected chi connectivity index (χ2v) is 3.11. The van der Waals surface area contributed by atoms with Gasteiger partial charge in [-0.1, -0.05) is 20.8 Å². The Bertz CT molecular complexity index is 103. The molecule has 0 aromatic rings. The van der Waals surface area contributed by atoms with Crippen LogP contribution in [0.5, 0.6) is 0 Å². The van der Waals surface area contributed by atoms with Gasteiger partial charge in [-0.05, 0) is 19.3 Å². The zero-order valence-corrected chi connectivity index (χ0v) is 8.16. The first-order chi connectivity index (χ1) is 5.60. The lowest BCUT2D eigenvalue weighted by molar-refractivity contribution is 0.125. The fourth-order valence-corrected chi connectivity index (χ4v) is 1.42. The third kappa shape index (κ3) is 3.48. The van der Waals surface area contributed by atoms with Gasteiger partial charge in [0.2, 0.25) is 0 Å². The van der Waals surface area contributed by atoms with Crippen LogP contribution in [0.4, 0.5) is 8.78 Å². The van der Waals surface area contributed by atoms with E-state index in [-0.39, 0.29) is 12.1 Å². The highest BCUT2D eigenvalue weighted by atomic mass is 19.3. The van der Waals surface area contributed by atoms with Crippen molar-refractivity contribution in [1.82, 2.24) is 5.32 Å². The Morgan fingerprint density at radius 1 is 1.08 bits per heavy atom. The van der Waals surface area contributed by atoms with Crippen LogP contribution in [0, 0.1) is 0 Å². The summed E-state index contributed by atoms with van der Waals surface area (Å²) in [6, 6.07) is 0. The zero-order chi connectivity index (χ0) is 9.61. The molecule has 0 aromatic heterocycles. The molecule has 0 bridgehead atoms. The molecule has 0 rings (SSSR count). The Morgan fingerprint density at radius 3 is 1.75 bits per heavy atom. The van der Waals surface area contributed by atoms with E-state index in [9.17, 15) is 8.78 Å². The lowest BCUT2D eigenvalue weighted by Gasteiger charge is -2.31. The maximum absolute atomic E-state index is 11.9. The standard InChI is InChI=1S/C9H19F2N/c1-4-9(5-2,6-3)12-7-8(10)11/h8,12H,4-7H2,1-3H3. The van der Waals surface area contributed by atoms with E-state index in [1.54, 1.807) is 0 Å². The summed E-state index contributed by atoms with van der Waals surface area (Å²) in [4.78, 5) is 0. The third-order valence-corrected chi connectivity index (χ3v) is 2.66. The number of hydrogen-bond donors (Lipinski definition) is 1. The van der Waals surface area contributed by atoms with Crippen LogP contribution in [0.1, 0.15) is 40.0 Å². The van der Waals surface area contributed by atoms with Gasteiger partial charge in [-0.2, -0.15) is 0 Å². The summed E-state index contributed by atoms with van der Waals surface area (Å²) < 4.78 is 23.8. The van der Waals surface area contributed by atoms with Crippen molar-refractivity contribution in [2.75, 3.05) is 6.54 Å². The Labute approximate surface area is 73.5 Å². The molecule has 1 N–H and O–H groups in total. The van der Waals surface area contributed by atoms with E-state index in [0.717, 1.165) is 19.3 Å². The maximum Gasteiger partial charge on any atom is 0.250 e. The predicted octanol–water partition coefficient (Wildman–Crippen LogP) is 2.81. The highest BCUT2D eigenvalue weighted by Gasteiger charge is 2.23. The molecule has 1 nitrogen and oxygen atoms in total. The first kappa shape index (κ1) is 11.8. The molecular weight excluding hydrogens is 160 g/mol. The minimum absolute atomic E-state index is 0.0730. The largest absolute Gasteiger partial charge is 0.306 e. The third-order valence-electron chi connectivity index (χ3n) is 2.66. The van der Waals surface area contributed by atoms with E-state index in [0.29, 0.717) is 0 Å². The predicted molar refractivity (Wildman–Crippen MR) is 47.6 cm³/mol. The van der Waals surface area contributed by atoms with Gasteiger partial charge in [-0.3, -0.25) is 0 Å². The quantitative estimate of drug-likeness (QED) is 0.661. The summed E-state index contributed by atoms with van der Waals surface area (Å²) in [6.45, 7) is 5.91. The lowest BCUT2D eigenvalue weighted by atomic mass is 9.90. The van der Waals surface area contributed by atoms with Gasteiger partial charge in [0, 0.05) is 5.54 Å². The molecule has 0 amide bonds. The van der Waals surface area contributed by atoms with Crippen LogP contribution in [0.2, 0.25) is 0 Å². The summed E-state index contributed by atoms with van der Waals surface area (Å²) in [5, 5.41) is 2.93. The van der Waals surface area contributed by atoms with Gasteiger partial charge < -0.3 is 5.32 Å². The van der Waals surface area contributed by atoms with Gasteiger partial charge in [0.1, 0.15) is 0 Å². The highest BCUT2D eigenvalue weighted by molar-refractivity contribution is 4.83. The van der Waals surface area contributed by atoms with Crippen molar-refractivity contribution in [3.05, 3.63) is 0 Å². The maximum atomic E-state index is 11.9. The van der Waals surface area contributed by atoms with Crippen LogP contribution in [-0.4, -0.2) is 18.5 Å². The second kappa shape index (κ2) is 5.46. The average Bonchev–Trinajstić information content (AvgIpc) is 2.08. The number of halogens is 2. The Hall–Kier alpha value is -0.180. The minimum atomic E-state index is -2.24. The Morgan fingerprint density at radius 2 is 1.50 bits per heavy atom. The molecule has 74 valence electrons. The molecule has 0 unspecified atom stereocenters. The molecule has 0 saturated carbocycles. The number of nitrogens with one attached hydrogen (secondary N) is 1. The van der Waals surface area contributed by atoms with Crippen molar-refractivity contribution in [2.24, 2.45) is 0 Å². The van der Waals surface area contributed by atoms with Crippen molar-refractivity contribution in [3.63, 3.8) is 0 Å². The molecule has 0 radical (unpaired) electrons. The van der Waals surface area contributed by atoms with Crippen LogP contribution in [0.25, 0.3) is 0 Å². The molecule has 0 aliphatic heterocycles. The van der Waals surface area contributed by atoms with E-state index in [1.807, 2.05) is 20.8 Å². The second-order valence-electron chi connectivity index (χ2n) is 3.11.